The monoisotopic (exact) mass is 270 g/mol. The fourth-order valence-corrected chi connectivity index (χ4v) is 2.32. The lowest BCUT2D eigenvalue weighted by Gasteiger charge is -2.37. The molecule has 15 heavy (non-hydrogen) atoms. The summed E-state index contributed by atoms with van der Waals surface area (Å²) in [6.45, 7) is 3.52. The zero-order valence-corrected chi connectivity index (χ0v) is 10.4. The molecular weight excluding hydrogens is 256 g/mol. The second-order valence-corrected chi connectivity index (χ2v) is 5.15. The molecule has 0 saturated carbocycles. The Morgan fingerprint density at radius 1 is 1.53 bits per heavy atom. The second kappa shape index (κ2) is 4.10. The highest BCUT2D eigenvalue weighted by molar-refractivity contribution is 9.10. The molecule has 0 radical (unpaired) electrons. The van der Waals surface area contributed by atoms with E-state index < -0.39 is 5.60 Å². The molecule has 1 saturated heterocycles. The van der Waals surface area contributed by atoms with Gasteiger partial charge in [0.05, 0.1) is 5.60 Å². The third-order valence-electron chi connectivity index (χ3n) is 2.70. The number of aliphatic hydroxyl groups is 1. The minimum atomic E-state index is -0.581. The number of aromatic nitrogens is 1. The summed E-state index contributed by atoms with van der Waals surface area (Å²) in [5, 5.41) is 9.99. The Morgan fingerprint density at radius 2 is 2.33 bits per heavy atom. The Morgan fingerprint density at radius 3 is 3.00 bits per heavy atom. The topological polar surface area (TPSA) is 36.4 Å². The number of hydrogen-bond donors (Lipinski definition) is 1. The van der Waals surface area contributed by atoms with E-state index >= 15 is 0 Å². The normalized spacial score (nSPS) is 26.7. The number of β-amino-alcohol motifs (C(OH)–C–C–N with tert-alkyl or cyclic N) is 1. The van der Waals surface area contributed by atoms with Gasteiger partial charge in [-0.25, -0.2) is 4.98 Å². The molecule has 1 aromatic rings. The first-order valence-electron chi connectivity index (χ1n) is 5.17. The average Bonchev–Trinajstić information content (AvgIpc) is 2.16. The van der Waals surface area contributed by atoms with Gasteiger partial charge in [0.1, 0.15) is 10.4 Å². The molecule has 0 spiro atoms. The van der Waals surface area contributed by atoms with E-state index in [0.717, 1.165) is 29.8 Å². The van der Waals surface area contributed by atoms with Crippen molar-refractivity contribution in [2.75, 3.05) is 18.0 Å². The summed E-state index contributed by atoms with van der Waals surface area (Å²) in [6, 6.07) is 5.85. The zero-order valence-electron chi connectivity index (χ0n) is 8.78. The molecule has 1 atom stereocenters. The highest BCUT2D eigenvalue weighted by Crippen LogP contribution is 2.25. The SMILES string of the molecule is CC1(O)CCCN(c2cccc(Br)n2)C1. The molecule has 0 aromatic carbocycles. The lowest BCUT2D eigenvalue weighted by atomic mass is 9.95. The molecule has 1 aliphatic rings. The molecule has 3 nitrogen and oxygen atoms in total. The standard InChI is InChI=1S/C11H15BrN2O/c1-11(15)6-3-7-14(8-11)10-5-2-4-9(12)13-10/h2,4-5,15H,3,6-8H2,1H3. The van der Waals surface area contributed by atoms with Crippen molar-refractivity contribution in [3.63, 3.8) is 0 Å². The van der Waals surface area contributed by atoms with E-state index in [1.54, 1.807) is 0 Å². The van der Waals surface area contributed by atoms with Crippen molar-refractivity contribution in [3.8, 4) is 0 Å². The number of halogens is 1. The molecule has 0 aliphatic carbocycles. The van der Waals surface area contributed by atoms with Crippen molar-refractivity contribution in [1.29, 1.82) is 0 Å². The molecule has 1 aliphatic heterocycles. The van der Waals surface area contributed by atoms with Crippen LogP contribution in [-0.2, 0) is 0 Å². The van der Waals surface area contributed by atoms with Crippen LogP contribution in [0.5, 0.6) is 0 Å². The Hall–Kier alpha value is -0.610. The first kappa shape index (κ1) is 10.9. The van der Waals surface area contributed by atoms with E-state index in [0.29, 0.717) is 6.54 Å². The van der Waals surface area contributed by atoms with Crippen molar-refractivity contribution >= 4 is 21.7 Å². The van der Waals surface area contributed by atoms with E-state index in [4.69, 9.17) is 0 Å². The molecule has 4 heteroatoms. The van der Waals surface area contributed by atoms with Crippen LogP contribution in [0.25, 0.3) is 0 Å². The maximum absolute atomic E-state index is 9.99. The first-order chi connectivity index (χ1) is 7.07. The molecule has 2 rings (SSSR count). The van der Waals surface area contributed by atoms with Crippen LogP contribution < -0.4 is 4.90 Å². The van der Waals surface area contributed by atoms with Crippen LogP contribution in [-0.4, -0.2) is 28.8 Å². The highest BCUT2D eigenvalue weighted by atomic mass is 79.9. The lowest BCUT2D eigenvalue weighted by Crippen LogP contribution is -2.46. The van der Waals surface area contributed by atoms with Gasteiger partial charge in [-0.2, -0.15) is 0 Å². The van der Waals surface area contributed by atoms with Gasteiger partial charge in [0.15, 0.2) is 0 Å². The van der Waals surface area contributed by atoms with Crippen molar-refractivity contribution in [2.45, 2.75) is 25.4 Å². The average molecular weight is 271 g/mol. The molecule has 0 amide bonds. The molecule has 82 valence electrons. The number of anilines is 1. The highest BCUT2D eigenvalue weighted by Gasteiger charge is 2.28. The van der Waals surface area contributed by atoms with Gasteiger partial charge in [0, 0.05) is 13.1 Å². The number of rotatable bonds is 1. The molecule has 2 heterocycles. The molecule has 1 aromatic heterocycles. The summed E-state index contributed by atoms with van der Waals surface area (Å²) in [5.41, 5.74) is -0.581. The van der Waals surface area contributed by atoms with Gasteiger partial charge in [0.25, 0.3) is 0 Å². The van der Waals surface area contributed by atoms with Crippen LogP contribution in [0.3, 0.4) is 0 Å². The molecule has 1 fully saturated rings. The van der Waals surface area contributed by atoms with E-state index in [1.807, 2.05) is 25.1 Å². The third kappa shape index (κ3) is 2.69. The smallest absolute Gasteiger partial charge is 0.129 e. The predicted octanol–water partition coefficient (Wildman–Crippen LogP) is 2.20. The lowest BCUT2D eigenvalue weighted by molar-refractivity contribution is 0.0447. The Kier molecular flexibility index (Phi) is 2.98. The molecular formula is C11H15BrN2O. The summed E-state index contributed by atoms with van der Waals surface area (Å²) < 4.78 is 0.838. The largest absolute Gasteiger partial charge is 0.388 e. The maximum Gasteiger partial charge on any atom is 0.129 e. The van der Waals surface area contributed by atoms with Crippen molar-refractivity contribution in [3.05, 3.63) is 22.8 Å². The van der Waals surface area contributed by atoms with Gasteiger partial charge in [0.2, 0.25) is 0 Å². The Balaban J connectivity index is 2.17. The fraction of sp³-hybridized carbons (Fsp3) is 0.545. The number of pyridine rings is 1. The molecule has 1 unspecified atom stereocenters. The van der Waals surface area contributed by atoms with Crippen molar-refractivity contribution in [2.24, 2.45) is 0 Å². The minimum absolute atomic E-state index is 0.581. The number of hydrogen-bond acceptors (Lipinski definition) is 3. The van der Waals surface area contributed by atoms with Crippen LogP contribution in [0, 0.1) is 0 Å². The van der Waals surface area contributed by atoms with E-state index in [-0.39, 0.29) is 0 Å². The van der Waals surface area contributed by atoms with Crippen LogP contribution >= 0.6 is 15.9 Å². The summed E-state index contributed by atoms with van der Waals surface area (Å²) in [5.74, 6) is 0.935. The second-order valence-electron chi connectivity index (χ2n) is 4.34. The van der Waals surface area contributed by atoms with E-state index in [9.17, 15) is 5.11 Å². The fourth-order valence-electron chi connectivity index (χ4n) is 1.99. The van der Waals surface area contributed by atoms with Gasteiger partial charge in [-0.05, 0) is 47.8 Å². The van der Waals surface area contributed by atoms with E-state index in [2.05, 4.69) is 25.8 Å². The summed E-state index contributed by atoms with van der Waals surface area (Å²) in [7, 11) is 0. The van der Waals surface area contributed by atoms with Crippen LogP contribution in [0.1, 0.15) is 19.8 Å². The zero-order chi connectivity index (χ0) is 10.9. The molecule has 0 bridgehead atoms. The quantitative estimate of drug-likeness (QED) is 0.795. The summed E-state index contributed by atoms with van der Waals surface area (Å²) >= 11 is 3.36. The first-order valence-corrected chi connectivity index (χ1v) is 5.96. The van der Waals surface area contributed by atoms with Gasteiger partial charge in [-0.3, -0.25) is 0 Å². The van der Waals surface area contributed by atoms with Gasteiger partial charge >= 0.3 is 0 Å². The predicted molar refractivity (Wildman–Crippen MR) is 64.0 cm³/mol. The maximum atomic E-state index is 9.99. The van der Waals surface area contributed by atoms with Crippen LogP contribution in [0.4, 0.5) is 5.82 Å². The Bertz CT molecular complexity index is 354. The van der Waals surface area contributed by atoms with Gasteiger partial charge < -0.3 is 10.0 Å². The summed E-state index contributed by atoms with van der Waals surface area (Å²) in [6.07, 6.45) is 1.89. The van der Waals surface area contributed by atoms with Crippen LogP contribution in [0.15, 0.2) is 22.8 Å². The number of nitrogens with zero attached hydrogens (tertiary/aromatic N) is 2. The van der Waals surface area contributed by atoms with Crippen molar-refractivity contribution < 1.29 is 5.11 Å². The molecule has 1 N–H and O–H groups in total. The number of piperidine rings is 1. The van der Waals surface area contributed by atoms with Crippen molar-refractivity contribution in [1.82, 2.24) is 4.98 Å². The van der Waals surface area contributed by atoms with Crippen LogP contribution in [0.2, 0.25) is 0 Å². The minimum Gasteiger partial charge on any atom is -0.388 e. The summed E-state index contributed by atoms with van der Waals surface area (Å²) in [4.78, 5) is 6.53. The third-order valence-corrected chi connectivity index (χ3v) is 3.14. The van der Waals surface area contributed by atoms with Gasteiger partial charge in [-0.1, -0.05) is 6.07 Å². The van der Waals surface area contributed by atoms with Gasteiger partial charge in [-0.15, -0.1) is 0 Å². The Labute approximate surface area is 98.3 Å². The van der Waals surface area contributed by atoms with E-state index in [1.165, 1.54) is 0 Å².